The molecule has 1 aliphatic rings. The molecule has 0 fully saturated rings. The van der Waals surface area contributed by atoms with Crippen molar-refractivity contribution in [3.05, 3.63) is 29.8 Å². The van der Waals surface area contributed by atoms with Crippen molar-refractivity contribution in [2.24, 2.45) is 0 Å². The van der Waals surface area contributed by atoms with Gasteiger partial charge >= 0.3 is 6.75 Å². The molecule has 0 unspecified atom stereocenters. The minimum atomic E-state index is -2.70. The second-order valence-electron chi connectivity index (χ2n) is 2.71. The first kappa shape index (κ1) is 6.85. The fourth-order valence-corrected chi connectivity index (χ4v) is 1.33. The maximum Gasteiger partial charge on any atom is 0.405 e. The summed E-state index contributed by atoms with van der Waals surface area (Å²) in [7, 11) is 0. The van der Waals surface area contributed by atoms with Crippen molar-refractivity contribution in [3.8, 4) is 0 Å². The predicted molar refractivity (Wildman–Crippen MR) is 41.1 cm³/mol. The van der Waals surface area contributed by atoms with Gasteiger partial charge in [0.2, 0.25) is 0 Å². The molecule has 1 aromatic carbocycles. The van der Waals surface area contributed by atoms with Gasteiger partial charge in [-0.2, -0.15) is 0 Å². The summed E-state index contributed by atoms with van der Waals surface area (Å²) in [6.07, 6.45) is 0. The Morgan fingerprint density at radius 2 is 2.00 bits per heavy atom. The Kier molecular flexibility index (Phi) is 1.29. The molecule has 11 heavy (non-hydrogen) atoms. The van der Waals surface area contributed by atoms with Gasteiger partial charge < -0.3 is 14.7 Å². The molecule has 0 aliphatic carbocycles. The van der Waals surface area contributed by atoms with Gasteiger partial charge in [0.15, 0.2) is 0 Å². The average Bonchev–Trinajstić information content (AvgIpc) is 2.29. The van der Waals surface area contributed by atoms with Crippen LogP contribution in [0, 0.1) is 0 Å². The molecule has 0 spiro atoms. The van der Waals surface area contributed by atoms with E-state index in [9.17, 15) is 10.0 Å². The van der Waals surface area contributed by atoms with E-state index in [1.807, 2.05) is 12.1 Å². The summed E-state index contributed by atoms with van der Waals surface area (Å²) < 4.78 is 4.78. The highest BCUT2D eigenvalue weighted by atomic mass is 16.6. The Hall–Kier alpha value is -0.835. The minimum Gasteiger partial charge on any atom is -0.556 e. The van der Waals surface area contributed by atoms with E-state index in [0.29, 0.717) is 12.1 Å². The molecule has 0 saturated carbocycles. The quantitative estimate of drug-likeness (QED) is 0.484. The number of hydrogen-bond acceptors (Lipinski definition) is 3. The topological polar surface area (TPSA) is 49.7 Å². The summed E-state index contributed by atoms with van der Waals surface area (Å²) in [5.41, 5.74) is 1.37. The SMILES string of the molecule is O[B-]1(O)OCc2ccccc21. The third-order valence-electron chi connectivity index (χ3n) is 1.93. The number of fused-ring (bicyclic) bond motifs is 1. The Bertz CT molecular complexity index is 285. The van der Waals surface area contributed by atoms with Crippen molar-refractivity contribution in [1.82, 2.24) is 0 Å². The Morgan fingerprint density at radius 1 is 1.27 bits per heavy atom. The average molecular weight is 151 g/mol. The van der Waals surface area contributed by atoms with Crippen LogP contribution in [0.15, 0.2) is 24.3 Å². The predicted octanol–water partition coefficient (Wildman–Crippen LogP) is -0.653. The van der Waals surface area contributed by atoms with Crippen molar-refractivity contribution < 1.29 is 14.7 Å². The summed E-state index contributed by atoms with van der Waals surface area (Å²) >= 11 is 0. The van der Waals surface area contributed by atoms with E-state index in [-0.39, 0.29) is 0 Å². The van der Waals surface area contributed by atoms with E-state index in [1.54, 1.807) is 12.1 Å². The molecule has 0 amide bonds. The lowest BCUT2D eigenvalue weighted by Crippen LogP contribution is -2.47. The van der Waals surface area contributed by atoms with Gasteiger partial charge in [0, 0.05) is 6.61 Å². The van der Waals surface area contributed by atoms with Gasteiger partial charge in [-0.25, -0.2) is 0 Å². The Morgan fingerprint density at radius 3 is 2.73 bits per heavy atom. The van der Waals surface area contributed by atoms with Gasteiger partial charge in [-0.3, -0.25) is 0 Å². The number of benzene rings is 1. The van der Waals surface area contributed by atoms with Crippen LogP contribution in [0.2, 0.25) is 0 Å². The molecule has 0 radical (unpaired) electrons. The highest BCUT2D eigenvalue weighted by Gasteiger charge is 2.30. The van der Waals surface area contributed by atoms with E-state index >= 15 is 0 Å². The van der Waals surface area contributed by atoms with E-state index in [2.05, 4.69) is 0 Å². The van der Waals surface area contributed by atoms with Gasteiger partial charge in [0.1, 0.15) is 0 Å². The first-order chi connectivity index (χ1) is 5.20. The maximum atomic E-state index is 9.24. The van der Waals surface area contributed by atoms with E-state index < -0.39 is 6.75 Å². The van der Waals surface area contributed by atoms with Crippen molar-refractivity contribution in [2.45, 2.75) is 6.61 Å². The normalized spacial score (nSPS) is 19.8. The van der Waals surface area contributed by atoms with Crippen molar-refractivity contribution >= 4 is 12.2 Å². The third kappa shape index (κ3) is 0.958. The third-order valence-corrected chi connectivity index (χ3v) is 1.93. The molecule has 0 saturated heterocycles. The second-order valence-corrected chi connectivity index (χ2v) is 2.71. The van der Waals surface area contributed by atoms with Crippen LogP contribution in [0.25, 0.3) is 0 Å². The zero-order valence-corrected chi connectivity index (χ0v) is 5.90. The lowest BCUT2D eigenvalue weighted by molar-refractivity contribution is 0.169. The van der Waals surface area contributed by atoms with Gasteiger partial charge in [-0.1, -0.05) is 29.8 Å². The largest absolute Gasteiger partial charge is 0.556 e. The summed E-state index contributed by atoms with van der Waals surface area (Å²) in [6.45, 7) is -2.40. The van der Waals surface area contributed by atoms with Crippen LogP contribution in [0.4, 0.5) is 0 Å². The Labute approximate surface area is 64.3 Å². The molecule has 0 aromatic heterocycles. The monoisotopic (exact) mass is 151 g/mol. The lowest BCUT2D eigenvalue weighted by Gasteiger charge is -2.21. The minimum absolute atomic E-state index is 0.295. The van der Waals surface area contributed by atoms with Crippen LogP contribution < -0.4 is 5.46 Å². The van der Waals surface area contributed by atoms with Crippen molar-refractivity contribution in [3.63, 3.8) is 0 Å². The number of rotatable bonds is 0. The van der Waals surface area contributed by atoms with Gasteiger partial charge in [-0.15, -0.1) is 5.46 Å². The van der Waals surface area contributed by atoms with E-state index in [1.165, 1.54) is 0 Å². The lowest BCUT2D eigenvalue weighted by atomic mass is 9.71. The standard InChI is InChI=1S/C7H8BO3/c9-8(10)7-4-2-1-3-6(7)5-11-8/h1-4,9-10H,5H2/q-1. The van der Waals surface area contributed by atoms with E-state index in [0.717, 1.165) is 5.56 Å². The molecule has 2 N–H and O–H groups in total. The fourth-order valence-electron chi connectivity index (χ4n) is 1.33. The van der Waals surface area contributed by atoms with Crippen LogP contribution in [0.1, 0.15) is 5.56 Å². The molecular formula is C7H8BO3-. The van der Waals surface area contributed by atoms with Crippen LogP contribution in [-0.4, -0.2) is 16.8 Å². The summed E-state index contributed by atoms with van der Waals surface area (Å²) in [4.78, 5) is 0. The van der Waals surface area contributed by atoms with Gasteiger partial charge in [0.25, 0.3) is 0 Å². The first-order valence-corrected chi connectivity index (χ1v) is 3.51. The first-order valence-electron chi connectivity index (χ1n) is 3.51. The Balaban J connectivity index is 2.56. The summed E-state index contributed by atoms with van der Waals surface area (Å²) in [6, 6.07) is 7.10. The molecule has 0 atom stereocenters. The molecule has 1 heterocycles. The second kappa shape index (κ2) is 2.07. The number of hydrogen-bond donors (Lipinski definition) is 2. The molecule has 2 rings (SSSR count). The van der Waals surface area contributed by atoms with Crippen LogP contribution in [0.5, 0.6) is 0 Å². The molecule has 1 aliphatic heterocycles. The molecular weight excluding hydrogens is 143 g/mol. The molecule has 58 valence electrons. The summed E-state index contributed by atoms with van der Waals surface area (Å²) in [5.74, 6) is 0. The highest BCUT2D eigenvalue weighted by molar-refractivity contribution is 6.74. The maximum absolute atomic E-state index is 9.24. The van der Waals surface area contributed by atoms with Crippen LogP contribution in [-0.2, 0) is 11.3 Å². The zero-order chi connectivity index (χ0) is 7.90. The molecule has 3 nitrogen and oxygen atoms in total. The molecule has 0 bridgehead atoms. The molecule has 1 aromatic rings. The van der Waals surface area contributed by atoms with Gasteiger partial charge in [-0.05, 0) is 0 Å². The van der Waals surface area contributed by atoms with Crippen molar-refractivity contribution in [2.75, 3.05) is 0 Å². The van der Waals surface area contributed by atoms with Crippen LogP contribution in [0.3, 0.4) is 0 Å². The summed E-state index contributed by atoms with van der Waals surface area (Å²) in [5, 5.41) is 18.5. The fraction of sp³-hybridized carbons (Fsp3) is 0.143. The molecule has 4 heteroatoms. The smallest absolute Gasteiger partial charge is 0.405 e. The van der Waals surface area contributed by atoms with Crippen LogP contribution >= 0.6 is 0 Å². The highest BCUT2D eigenvalue weighted by Crippen LogP contribution is 2.13. The van der Waals surface area contributed by atoms with E-state index in [4.69, 9.17) is 4.65 Å². The van der Waals surface area contributed by atoms with Gasteiger partial charge in [0.05, 0.1) is 0 Å². The van der Waals surface area contributed by atoms with Crippen molar-refractivity contribution in [1.29, 1.82) is 0 Å². The zero-order valence-electron chi connectivity index (χ0n) is 5.90.